The van der Waals surface area contributed by atoms with Crippen molar-refractivity contribution in [3.05, 3.63) is 36.3 Å². The Balaban J connectivity index is 1.30. The summed E-state index contributed by atoms with van der Waals surface area (Å²) in [5, 5.41) is 4.33. The molecular weight excluding hydrogens is 366 g/mol. The molecule has 1 saturated carbocycles. The molecule has 1 saturated heterocycles. The molecule has 29 heavy (non-hydrogen) atoms. The van der Waals surface area contributed by atoms with Gasteiger partial charge in [-0.05, 0) is 37.5 Å². The third-order valence-electron chi connectivity index (χ3n) is 5.79. The largest absolute Gasteiger partial charge is 0.367 e. The molecule has 2 aliphatic rings. The molecule has 3 aromatic rings. The van der Waals surface area contributed by atoms with Crippen LogP contribution in [0.3, 0.4) is 0 Å². The van der Waals surface area contributed by atoms with Crippen LogP contribution in [0.15, 0.2) is 30.7 Å². The molecule has 1 aliphatic heterocycles. The molecule has 8 heteroatoms. The predicted molar refractivity (Wildman–Crippen MR) is 113 cm³/mol. The van der Waals surface area contributed by atoms with Gasteiger partial charge < -0.3 is 19.7 Å². The van der Waals surface area contributed by atoms with Crippen molar-refractivity contribution in [3.8, 4) is 0 Å². The quantitative estimate of drug-likeness (QED) is 0.737. The highest BCUT2D eigenvalue weighted by molar-refractivity contribution is 5.81. The molecule has 1 aliphatic carbocycles. The Morgan fingerprint density at radius 2 is 1.90 bits per heavy atom. The van der Waals surface area contributed by atoms with Crippen LogP contribution in [0.4, 0.5) is 17.5 Å². The first-order chi connectivity index (χ1) is 14.1. The number of anilines is 3. The highest BCUT2D eigenvalue weighted by Gasteiger charge is 2.26. The highest BCUT2D eigenvalue weighted by atomic mass is 16.2. The van der Waals surface area contributed by atoms with Crippen LogP contribution in [0.1, 0.15) is 31.4 Å². The fourth-order valence-electron chi connectivity index (χ4n) is 3.92. The lowest BCUT2D eigenvalue weighted by atomic mass is 10.2. The van der Waals surface area contributed by atoms with Crippen LogP contribution in [0.2, 0.25) is 0 Å². The van der Waals surface area contributed by atoms with Gasteiger partial charge in [-0.25, -0.2) is 9.97 Å². The van der Waals surface area contributed by atoms with Crippen molar-refractivity contribution in [1.82, 2.24) is 24.4 Å². The van der Waals surface area contributed by atoms with Gasteiger partial charge >= 0.3 is 0 Å². The number of aromatic nitrogens is 4. The summed E-state index contributed by atoms with van der Waals surface area (Å²) in [6.45, 7) is 6.89. The minimum atomic E-state index is 0.141. The number of nitrogens with one attached hydrogen (secondary N) is 1. The maximum atomic E-state index is 11.5. The molecule has 2 fully saturated rings. The van der Waals surface area contributed by atoms with Crippen LogP contribution in [-0.4, -0.2) is 56.5 Å². The minimum Gasteiger partial charge on any atom is -0.367 e. The summed E-state index contributed by atoms with van der Waals surface area (Å²) in [6.07, 6.45) is 8.38. The summed E-state index contributed by atoms with van der Waals surface area (Å²) in [4.78, 5) is 29.4. The molecule has 0 atom stereocenters. The van der Waals surface area contributed by atoms with Gasteiger partial charge in [0.2, 0.25) is 11.9 Å². The van der Waals surface area contributed by atoms with E-state index >= 15 is 0 Å². The fourth-order valence-corrected chi connectivity index (χ4v) is 3.92. The van der Waals surface area contributed by atoms with Crippen molar-refractivity contribution in [3.63, 3.8) is 0 Å². The molecule has 0 spiro atoms. The van der Waals surface area contributed by atoms with Crippen molar-refractivity contribution >= 4 is 34.4 Å². The first-order valence-electron chi connectivity index (χ1n) is 10.2. The minimum absolute atomic E-state index is 0.141. The number of hydrogen-bond donors (Lipinski definition) is 1. The second kappa shape index (κ2) is 7.02. The zero-order valence-corrected chi connectivity index (χ0v) is 16.8. The fraction of sp³-hybridized carbons (Fsp3) is 0.429. The molecule has 1 amide bonds. The van der Waals surface area contributed by atoms with E-state index in [9.17, 15) is 4.79 Å². The average Bonchev–Trinajstić information content (AvgIpc) is 3.53. The Morgan fingerprint density at radius 1 is 1.10 bits per heavy atom. The Kier molecular flexibility index (Phi) is 4.34. The number of aryl methyl sites for hydroxylation is 1. The second-order valence-corrected chi connectivity index (χ2v) is 7.90. The smallest absolute Gasteiger partial charge is 0.230 e. The molecule has 0 radical (unpaired) electrons. The molecule has 3 aromatic heterocycles. The van der Waals surface area contributed by atoms with E-state index in [2.05, 4.69) is 37.9 Å². The zero-order valence-electron chi connectivity index (χ0n) is 16.8. The first kappa shape index (κ1) is 17.9. The number of rotatable bonds is 4. The first-order valence-corrected chi connectivity index (χ1v) is 10.2. The average molecular weight is 391 g/mol. The third kappa shape index (κ3) is 3.50. The van der Waals surface area contributed by atoms with Gasteiger partial charge in [-0.2, -0.15) is 4.98 Å². The molecule has 0 unspecified atom stereocenters. The van der Waals surface area contributed by atoms with Crippen LogP contribution >= 0.6 is 0 Å². The van der Waals surface area contributed by atoms with Crippen molar-refractivity contribution in [1.29, 1.82) is 0 Å². The summed E-state index contributed by atoms with van der Waals surface area (Å²) in [6, 6.07) is 4.58. The van der Waals surface area contributed by atoms with Gasteiger partial charge in [-0.3, -0.25) is 4.79 Å². The van der Waals surface area contributed by atoms with Crippen LogP contribution in [-0.2, 0) is 4.79 Å². The van der Waals surface area contributed by atoms with E-state index in [1.165, 1.54) is 18.4 Å². The summed E-state index contributed by atoms with van der Waals surface area (Å²) in [5.41, 5.74) is 3.27. The molecule has 0 aromatic carbocycles. The van der Waals surface area contributed by atoms with E-state index in [0.717, 1.165) is 48.7 Å². The number of pyridine rings is 1. The molecule has 8 nitrogen and oxygen atoms in total. The van der Waals surface area contributed by atoms with E-state index < -0.39 is 0 Å². The van der Waals surface area contributed by atoms with Gasteiger partial charge in [-0.15, -0.1) is 0 Å². The van der Waals surface area contributed by atoms with Gasteiger partial charge in [0.15, 0.2) is 0 Å². The molecule has 150 valence electrons. The van der Waals surface area contributed by atoms with E-state index in [0.29, 0.717) is 12.0 Å². The van der Waals surface area contributed by atoms with Crippen LogP contribution in [0.25, 0.3) is 11.0 Å². The Morgan fingerprint density at radius 3 is 2.55 bits per heavy atom. The topological polar surface area (TPSA) is 79.2 Å². The zero-order chi connectivity index (χ0) is 20.0. The Labute approximate surface area is 169 Å². The van der Waals surface area contributed by atoms with E-state index in [-0.39, 0.29) is 5.91 Å². The summed E-state index contributed by atoms with van der Waals surface area (Å²) in [7, 11) is 0. The van der Waals surface area contributed by atoms with Crippen LogP contribution in [0, 0.1) is 6.92 Å². The standard InChI is InChI=1S/C21H25N7O/c1-14-13-28(16-3-4-16)20-18(14)12-23-21(25-20)24-19-6-5-17(11-22-19)27-9-7-26(8-10-27)15(2)29/h5-6,11-13,16H,3-4,7-10H2,1-2H3,(H,22,23,24,25). The number of carbonyl (C=O) groups is 1. The summed E-state index contributed by atoms with van der Waals surface area (Å²) in [5.74, 6) is 1.42. The number of amides is 1. The monoisotopic (exact) mass is 391 g/mol. The molecule has 0 bridgehead atoms. The number of nitrogens with zero attached hydrogens (tertiary/aromatic N) is 6. The molecular formula is C21H25N7O. The van der Waals surface area contributed by atoms with Gasteiger partial charge in [0.25, 0.3) is 0 Å². The van der Waals surface area contributed by atoms with Crippen molar-refractivity contribution < 1.29 is 4.79 Å². The lowest BCUT2D eigenvalue weighted by Crippen LogP contribution is -2.48. The summed E-state index contributed by atoms with van der Waals surface area (Å²) >= 11 is 0. The van der Waals surface area contributed by atoms with E-state index in [4.69, 9.17) is 4.98 Å². The number of hydrogen-bond acceptors (Lipinski definition) is 6. The normalized spacial score (nSPS) is 17.0. The molecule has 1 N–H and O–H groups in total. The Bertz CT molecular complexity index is 1050. The van der Waals surface area contributed by atoms with Gasteiger partial charge in [0.05, 0.1) is 11.9 Å². The van der Waals surface area contributed by atoms with Crippen molar-refractivity contribution in [2.24, 2.45) is 0 Å². The van der Waals surface area contributed by atoms with Gasteiger partial charge in [0, 0.05) is 56.9 Å². The molecule has 5 rings (SSSR count). The maximum absolute atomic E-state index is 11.5. The van der Waals surface area contributed by atoms with Gasteiger partial charge in [-0.1, -0.05) is 0 Å². The lowest BCUT2D eigenvalue weighted by Gasteiger charge is -2.35. The SMILES string of the molecule is CC(=O)N1CCN(c2ccc(Nc3ncc4c(C)cn(C5CC5)c4n3)nc2)CC1. The predicted octanol–water partition coefficient (Wildman–Crippen LogP) is 2.88. The number of fused-ring (bicyclic) bond motifs is 1. The second-order valence-electron chi connectivity index (χ2n) is 7.90. The molecule has 4 heterocycles. The van der Waals surface area contributed by atoms with Crippen molar-refractivity contribution in [2.45, 2.75) is 32.7 Å². The third-order valence-corrected chi connectivity index (χ3v) is 5.79. The number of carbonyl (C=O) groups excluding carboxylic acids is 1. The number of piperazine rings is 1. The summed E-state index contributed by atoms with van der Waals surface area (Å²) < 4.78 is 2.27. The van der Waals surface area contributed by atoms with Gasteiger partial charge in [0.1, 0.15) is 11.5 Å². The Hall–Kier alpha value is -3.16. The van der Waals surface area contributed by atoms with Crippen LogP contribution < -0.4 is 10.2 Å². The van der Waals surface area contributed by atoms with Crippen LogP contribution in [0.5, 0.6) is 0 Å². The van der Waals surface area contributed by atoms with Crippen molar-refractivity contribution in [2.75, 3.05) is 36.4 Å². The van der Waals surface area contributed by atoms with E-state index in [1.807, 2.05) is 29.4 Å². The lowest BCUT2D eigenvalue weighted by molar-refractivity contribution is -0.129. The maximum Gasteiger partial charge on any atom is 0.230 e. The highest BCUT2D eigenvalue weighted by Crippen LogP contribution is 2.38. The van der Waals surface area contributed by atoms with E-state index in [1.54, 1.807) is 6.92 Å².